The zero-order chi connectivity index (χ0) is 25.9. The highest BCUT2D eigenvalue weighted by Crippen LogP contribution is 2.49. The van der Waals surface area contributed by atoms with Crippen molar-refractivity contribution in [1.82, 2.24) is 15.2 Å². The topological polar surface area (TPSA) is 85.0 Å². The van der Waals surface area contributed by atoms with Gasteiger partial charge in [0.2, 0.25) is 11.8 Å². The van der Waals surface area contributed by atoms with Gasteiger partial charge < -0.3 is 20.1 Å². The van der Waals surface area contributed by atoms with E-state index in [0.717, 1.165) is 28.1 Å². The van der Waals surface area contributed by atoms with Crippen LogP contribution in [0, 0.1) is 6.92 Å². The number of rotatable bonds is 3. The molecule has 4 aliphatic heterocycles. The van der Waals surface area contributed by atoms with Crippen LogP contribution in [0.25, 0.3) is 0 Å². The molecular formula is C28H32FN5O3. The van der Waals surface area contributed by atoms with Gasteiger partial charge in [-0.1, -0.05) is 12.1 Å². The number of likely N-dealkylation sites (tertiary alicyclic amines) is 2. The van der Waals surface area contributed by atoms with Crippen LogP contribution in [0.15, 0.2) is 36.4 Å². The summed E-state index contributed by atoms with van der Waals surface area (Å²) in [5.41, 5.74) is 9.42. The molecule has 2 saturated heterocycles. The Morgan fingerprint density at radius 1 is 1.05 bits per heavy atom. The van der Waals surface area contributed by atoms with Crippen LogP contribution in [0.3, 0.4) is 0 Å². The molecule has 6 rings (SSSR count). The third kappa shape index (κ3) is 3.87. The van der Waals surface area contributed by atoms with Crippen LogP contribution >= 0.6 is 0 Å². The van der Waals surface area contributed by atoms with Crippen LogP contribution in [-0.2, 0) is 21.5 Å². The van der Waals surface area contributed by atoms with E-state index in [0.29, 0.717) is 51.0 Å². The monoisotopic (exact) mass is 505 g/mol. The third-order valence-corrected chi connectivity index (χ3v) is 8.50. The van der Waals surface area contributed by atoms with Crippen molar-refractivity contribution in [3.8, 4) is 0 Å². The summed E-state index contributed by atoms with van der Waals surface area (Å²) in [5.74, 6) is -0.350. The maximum absolute atomic E-state index is 14.4. The minimum atomic E-state index is -1.38. The quantitative estimate of drug-likeness (QED) is 0.670. The largest absolute Gasteiger partial charge is 0.339 e. The molecule has 2 aromatic rings. The average Bonchev–Trinajstić information content (AvgIpc) is 3.56. The number of fused-ring (bicyclic) bond motifs is 3. The Morgan fingerprint density at radius 3 is 2.54 bits per heavy atom. The third-order valence-electron chi connectivity index (χ3n) is 8.50. The van der Waals surface area contributed by atoms with E-state index in [1.807, 2.05) is 48.2 Å². The number of hydrogen-bond donors (Lipinski definition) is 2. The van der Waals surface area contributed by atoms with Gasteiger partial charge in [0, 0.05) is 43.9 Å². The summed E-state index contributed by atoms with van der Waals surface area (Å²) >= 11 is 0. The van der Waals surface area contributed by atoms with Gasteiger partial charge in [0.05, 0.1) is 17.6 Å². The lowest BCUT2D eigenvalue weighted by molar-refractivity contribution is -0.132. The van der Waals surface area contributed by atoms with Crippen molar-refractivity contribution in [2.75, 3.05) is 43.0 Å². The molecule has 0 radical (unpaired) electrons. The second-order valence-corrected chi connectivity index (χ2v) is 11.1. The van der Waals surface area contributed by atoms with Crippen LogP contribution in [0.4, 0.5) is 15.8 Å². The number of amides is 3. The highest BCUT2D eigenvalue weighted by Gasteiger charge is 2.53. The highest BCUT2D eigenvalue weighted by atomic mass is 19.1. The molecule has 1 spiro atoms. The minimum Gasteiger partial charge on any atom is -0.339 e. The molecule has 8 nitrogen and oxygen atoms in total. The number of anilines is 2. The van der Waals surface area contributed by atoms with Crippen LogP contribution in [0.2, 0.25) is 0 Å². The van der Waals surface area contributed by atoms with Gasteiger partial charge in [-0.05, 0) is 67.6 Å². The van der Waals surface area contributed by atoms with Gasteiger partial charge in [0.1, 0.15) is 12.2 Å². The number of halogens is 1. The van der Waals surface area contributed by atoms with E-state index in [9.17, 15) is 18.8 Å². The molecule has 4 aliphatic rings. The van der Waals surface area contributed by atoms with E-state index >= 15 is 0 Å². The maximum Gasteiger partial charge on any atom is 0.253 e. The number of carbonyl (C=O) groups is 3. The summed E-state index contributed by atoms with van der Waals surface area (Å²) in [6, 6.07) is 11.5. The van der Waals surface area contributed by atoms with Crippen molar-refractivity contribution in [1.29, 1.82) is 0 Å². The predicted molar refractivity (Wildman–Crippen MR) is 138 cm³/mol. The standard InChI is InChI=1S/C28H32FN5O3/c1-18-4-3-5-22-24(18)28(26(37)34(22)16-23(35)33-11-8-27(2,29)17-33)9-12-32(13-10-28)25(36)19-6-7-21-20(14-19)15-30-31-21/h3-7,14,30-31H,8-13,15-17H2,1-2H3. The van der Waals surface area contributed by atoms with Gasteiger partial charge in [0.15, 0.2) is 0 Å². The number of nitrogens with one attached hydrogen (secondary N) is 2. The first-order chi connectivity index (χ1) is 17.7. The fourth-order valence-corrected chi connectivity index (χ4v) is 6.47. The lowest BCUT2D eigenvalue weighted by atomic mass is 9.72. The Morgan fingerprint density at radius 2 is 1.81 bits per heavy atom. The van der Waals surface area contributed by atoms with E-state index in [2.05, 4.69) is 10.9 Å². The first-order valence-electron chi connectivity index (χ1n) is 13.0. The van der Waals surface area contributed by atoms with Crippen molar-refractivity contribution in [3.63, 3.8) is 0 Å². The van der Waals surface area contributed by atoms with Crippen LogP contribution in [-0.4, -0.2) is 65.9 Å². The Kier molecular flexibility index (Phi) is 5.52. The van der Waals surface area contributed by atoms with E-state index in [-0.39, 0.29) is 30.8 Å². The number of aryl methyl sites for hydroxylation is 1. The Balaban J connectivity index is 1.22. The molecule has 1 atom stereocenters. The minimum absolute atomic E-state index is 0.0321. The van der Waals surface area contributed by atoms with Gasteiger partial charge in [0.25, 0.3) is 5.91 Å². The molecule has 1 unspecified atom stereocenters. The van der Waals surface area contributed by atoms with Crippen molar-refractivity contribution in [2.24, 2.45) is 0 Å². The number of nitrogens with zero attached hydrogens (tertiary/aromatic N) is 3. The van der Waals surface area contributed by atoms with Crippen LogP contribution in [0.5, 0.6) is 0 Å². The maximum atomic E-state index is 14.4. The Labute approximate surface area is 215 Å². The molecule has 0 saturated carbocycles. The van der Waals surface area contributed by atoms with Crippen molar-refractivity contribution in [3.05, 3.63) is 58.7 Å². The molecular weight excluding hydrogens is 473 g/mol. The van der Waals surface area contributed by atoms with E-state index in [1.165, 1.54) is 11.8 Å². The number of piperidine rings is 1. The summed E-state index contributed by atoms with van der Waals surface area (Å²) in [5, 5.41) is 0. The molecule has 0 aromatic heterocycles. The van der Waals surface area contributed by atoms with Crippen molar-refractivity contribution >= 4 is 29.1 Å². The van der Waals surface area contributed by atoms with Crippen molar-refractivity contribution < 1.29 is 18.8 Å². The zero-order valence-electron chi connectivity index (χ0n) is 21.3. The lowest BCUT2D eigenvalue weighted by Crippen LogP contribution is -2.51. The smallest absolute Gasteiger partial charge is 0.253 e. The Hall–Kier alpha value is -3.46. The van der Waals surface area contributed by atoms with Gasteiger partial charge >= 0.3 is 0 Å². The Bertz CT molecular complexity index is 1300. The average molecular weight is 506 g/mol. The molecule has 194 valence electrons. The van der Waals surface area contributed by atoms with Gasteiger partial charge in [-0.2, -0.15) is 0 Å². The normalized spacial score (nSPS) is 23.9. The fraction of sp³-hybridized carbons (Fsp3) is 0.464. The predicted octanol–water partition coefficient (Wildman–Crippen LogP) is 2.91. The van der Waals surface area contributed by atoms with E-state index in [4.69, 9.17) is 0 Å². The molecule has 3 amide bonds. The molecule has 2 N–H and O–H groups in total. The molecule has 0 bridgehead atoms. The number of benzene rings is 2. The lowest BCUT2D eigenvalue weighted by Gasteiger charge is -2.39. The highest BCUT2D eigenvalue weighted by molar-refractivity contribution is 6.11. The fourth-order valence-electron chi connectivity index (χ4n) is 6.47. The van der Waals surface area contributed by atoms with Gasteiger partial charge in [-0.15, -0.1) is 0 Å². The van der Waals surface area contributed by atoms with E-state index < -0.39 is 11.1 Å². The molecule has 9 heteroatoms. The number of carbonyl (C=O) groups excluding carboxylic acids is 3. The molecule has 2 aromatic carbocycles. The molecule has 4 heterocycles. The van der Waals surface area contributed by atoms with Crippen LogP contribution in [0.1, 0.15) is 53.2 Å². The second-order valence-electron chi connectivity index (χ2n) is 11.1. The first kappa shape index (κ1) is 23.9. The summed E-state index contributed by atoms with van der Waals surface area (Å²) < 4.78 is 14.4. The van der Waals surface area contributed by atoms with Gasteiger partial charge in [-0.3, -0.25) is 14.4 Å². The summed E-state index contributed by atoms with van der Waals surface area (Å²) in [6.07, 6.45) is 1.31. The summed E-state index contributed by atoms with van der Waals surface area (Å²) in [6.45, 7) is 5.43. The number of hydrazine groups is 1. The van der Waals surface area contributed by atoms with Crippen LogP contribution < -0.4 is 15.8 Å². The first-order valence-corrected chi connectivity index (χ1v) is 13.0. The summed E-state index contributed by atoms with van der Waals surface area (Å²) in [7, 11) is 0. The second kappa shape index (κ2) is 8.55. The molecule has 2 fully saturated rings. The molecule has 0 aliphatic carbocycles. The number of alkyl halides is 1. The SMILES string of the molecule is Cc1cccc2c1C1(CCN(C(=O)c3ccc4c(c3)CNN4)CC1)C(=O)N2CC(=O)N1CCC(C)(F)C1. The molecule has 37 heavy (non-hydrogen) atoms. The number of hydrogen-bond acceptors (Lipinski definition) is 5. The van der Waals surface area contributed by atoms with Gasteiger partial charge in [-0.25, -0.2) is 9.82 Å². The summed E-state index contributed by atoms with van der Waals surface area (Å²) in [4.78, 5) is 45.4. The van der Waals surface area contributed by atoms with Crippen molar-refractivity contribution in [2.45, 2.75) is 50.7 Å². The zero-order valence-corrected chi connectivity index (χ0v) is 21.3. The van der Waals surface area contributed by atoms with E-state index in [1.54, 1.807) is 4.90 Å².